The number of amides is 1. The number of benzene rings is 2. The van der Waals surface area contributed by atoms with E-state index in [-0.39, 0.29) is 5.91 Å². The molecule has 2 rings (SSSR count). The summed E-state index contributed by atoms with van der Waals surface area (Å²) in [4.78, 5) is 12.8. The Morgan fingerprint density at radius 1 is 1.17 bits per heavy atom. The Labute approximate surface area is 177 Å². The number of hydrogen-bond donors (Lipinski definition) is 1. The zero-order chi connectivity index (χ0) is 21.4. The van der Waals surface area contributed by atoms with Gasteiger partial charge in [-0.15, -0.1) is 0 Å². The number of anilines is 1. The van der Waals surface area contributed by atoms with E-state index in [4.69, 9.17) is 16.3 Å². The monoisotopic (exact) mass is 438 g/mol. The Kier molecular flexibility index (Phi) is 8.34. The fourth-order valence-electron chi connectivity index (χ4n) is 3.17. The first kappa shape index (κ1) is 23.0. The van der Waals surface area contributed by atoms with Crippen LogP contribution in [0.3, 0.4) is 0 Å². The minimum absolute atomic E-state index is 0.326. The lowest BCUT2D eigenvalue weighted by Gasteiger charge is -2.30. The number of carbonyl (C=O) groups is 1. The van der Waals surface area contributed by atoms with Crippen LogP contribution in [0, 0.1) is 0 Å². The summed E-state index contributed by atoms with van der Waals surface area (Å²) in [5.41, 5.74) is 1.48. The summed E-state index contributed by atoms with van der Waals surface area (Å²) in [6.45, 7) is 2.22. The number of carbonyl (C=O) groups excluding carboxylic acids is 1. The standard InChI is InChI=1S/C21H27ClN2O4S/c1-4-19(24(29(3,26)27)18-13-11-17(22)12-14-18)21(25)23-15-7-9-16-8-5-6-10-20(16)28-2/h5-6,8,10-14,19H,4,7,9,15H2,1-3H3,(H,23,25). The van der Waals surface area contributed by atoms with Crippen molar-refractivity contribution in [2.75, 3.05) is 24.2 Å². The fourth-order valence-corrected chi connectivity index (χ4v) is 4.50. The van der Waals surface area contributed by atoms with E-state index in [9.17, 15) is 13.2 Å². The molecule has 1 unspecified atom stereocenters. The molecule has 1 N–H and O–H groups in total. The van der Waals surface area contributed by atoms with Crippen molar-refractivity contribution in [3.8, 4) is 5.75 Å². The minimum atomic E-state index is -3.66. The Hall–Kier alpha value is -2.25. The molecule has 1 amide bonds. The van der Waals surface area contributed by atoms with Gasteiger partial charge in [-0.05, 0) is 55.2 Å². The minimum Gasteiger partial charge on any atom is -0.496 e. The highest BCUT2D eigenvalue weighted by atomic mass is 35.5. The van der Waals surface area contributed by atoms with Gasteiger partial charge in [0.1, 0.15) is 11.8 Å². The van der Waals surface area contributed by atoms with Crippen molar-refractivity contribution in [3.05, 3.63) is 59.1 Å². The number of rotatable bonds is 10. The van der Waals surface area contributed by atoms with E-state index < -0.39 is 16.1 Å². The first-order valence-corrected chi connectivity index (χ1v) is 11.6. The maximum Gasteiger partial charge on any atom is 0.243 e. The molecule has 0 radical (unpaired) electrons. The van der Waals surface area contributed by atoms with Crippen LogP contribution in [0.4, 0.5) is 5.69 Å². The third kappa shape index (κ3) is 6.37. The summed E-state index contributed by atoms with van der Waals surface area (Å²) in [6.07, 6.45) is 2.89. The highest BCUT2D eigenvalue weighted by Gasteiger charge is 2.31. The normalized spacial score (nSPS) is 12.3. The maximum absolute atomic E-state index is 12.8. The zero-order valence-electron chi connectivity index (χ0n) is 16.9. The van der Waals surface area contributed by atoms with Crippen LogP contribution in [0.5, 0.6) is 5.75 Å². The van der Waals surface area contributed by atoms with Gasteiger partial charge in [0.2, 0.25) is 15.9 Å². The average Bonchev–Trinajstić information content (AvgIpc) is 2.69. The summed E-state index contributed by atoms with van der Waals surface area (Å²) >= 11 is 5.91. The van der Waals surface area contributed by atoms with Crippen molar-refractivity contribution in [3.63, 3.8) is 0 Å². The molecule has 0 heterocycles. The van der Waals surface area contributed by atoms with Crippen molar-refractivity contribution in [1.29, 1.82) is 0 Å². The van der Waals surface area contributed by atoms with Crippen molar-refractivity contribution < 1.29 is 17.9 Å². The van der Waals surface area contributed by atoms with E-state index in [2.05, 4.69) is 5.32 Å². The highest BCUT2D eigenvalue weighted by molar-refractivity contribution is 7.92. The second-order valence-corrected chi connectivity index (χ2v) is 8.96. The van der Waals surface area contributed by atoms with E-state index in [1.54, 1.807) is 38.3 Å². The molecule has 2 aromatic carbocycles. The second-order valence-electron chi connectivity index (χ2n) is 6.67. The fraction of sp³-hybridized carbons (Fsp3) is 0.381. The summed E-state index contributed by atoms with van der Waals surface area (Å²) in [7, 11) is -2.03. The average molecular weight is 439 g/mol. The van der Waals surface area contributed by atoms with E-state index in [1.165, 1.54) is 0 Å². The number of methoxy groups -OCH3 is 1. The highest BCUT2D eigenvalue weighted by Crippen LogP contribution is 2.24. The maximum atomic E-state index is 12.8. The SMILES string of the molecule is CCC(C(=O)NCCCc1ccccc1OC)N(c1ccc(Cl)cc1)S(C)(=O)=O. The molecule has 0 saturated heterocycles. The van der Waals surface area contributed by atoms with Gasteiger partial charge in [-0.3, -0.25) is 9.10 Å². The van der Waals surface area contributed by atoms with Gasteiger partial charge < -0.3 is 10.1 Å². The quantitative estimate of drug-likeness (QED) is 0.574. The van der Waals surface area contributed by atoms with E-state index in [1.807, 2.05) is 24.3 Å². The molecule has 8 heteroatoms. The summed E-state index contributed by atoms with van der Waals surface area (Å²) < 4.78 is 31.3. The molecule has 0 fully saturated rings. The number of aryl methyl sites for hydroxylation is 1. The molecule has 0 aliphatic heterocycles. The summed E-state index contributed by atoms with van der Waals surface area (Å²) in [5, 5.41) is 3.36. The topological polar surface area (TPSA) is 75.7 Å². The Morgan fingerprint density at radius 3 is 2.41 bits per heavy atom. The molecule has 0 bridgehead atoms. The van der Waals surface area contributed by atoms with Crippen LogP contribution < -0.4 is 14.4 Å². The van der Waals surface area contributed by atoms with Crippen molar-refractivity contribution in [2.24, 2.45) is 0 Å². The molecule has 0 saturated carbocycles. The largest absolute Gasteiger partial charge is 0.496 e. The van der Waals surface area contributed by atoms with Crippen LogP contribution in [-0.2, 0) is 21.2 Å². The molecule has 0 aromatic heterocycles. The van der Waals surface area contributed by atoms with Gasteiger partial charge in [0.15, 0.2) is 0 Å². The molecule has 0 aliphatic rings. The first-order chi connectivity index (χ1) is 13.8. The predicted octanol–water partition coefficient (Wildman–Crippen LogP) is 3.64. The summed E-state index contributed by atoms with van der Waals surface area (Å²) in [5.74, 6) is 0.490. The smallest absolute Gasteiger partial charge is 0.243 e. The number of para-hydroxylation sites is 1. The molecule has 0 spiro atoms. The second kappa shape index (κ2) is 10.5. The van der Waals surface area contributed by atoms with Crippen molar-refractivity contribution in [2.45, 2.75) is 32.2 Å². The molecule has 29 heavy (non-hydrogen) atoms. The van der Waals surface area contributed by atoms with Crippen LogP contribution in [0.25, 0.3) is 0 Å². The van der Waals surface area contributed by atoms with Gasteiger partial charge in [0.25, 0.3) is 0 Å². The van der Waals surface area contributed by atoms with Crippen LogP contribution >= 0.6 is 11.6 Å². The predicted molar refractivity (Wildman–Crippen MR) is 117 cm³/mol. The third-order valence-corrected chi connectivity index (χ3v) is 5.96. The van der Waals surface area contributed by atoms with Crippen LogP contribution in [0.15, 0.2) is 48.5 Å². The third-order valence-electron chi connectivity index (χ3n) is 4.53. The van der Waals surface area contributed by atoms with Crippen LogP contribution in [0.2, 0.25) is 5.02 Å². The molecule has 6 nitrogen and oxygen atoms in total. The number of nitrogens with one attached hydrogen (secondary N) is 1. The molecule has 0 aliphatic carbocycles. The van der Waals surface area contributed by atoms with Gasteiger partial charge in [0, 0.05) is 11.6 Å². The molecule has 1 atom stereocenters. The zero-order valence-corrected chi connectivity index (χ0v) is 18.5. The lowest BCUT2D eigenvalue weighted by Crippen LogP contribution is -2.49. The number of hydrogen-bond acceptors (Lipinski definition) is 4. The van der Waals surface area contributed by atoms with E-state index in [0.29, 0.717) is 30.1 Å². The number of nitrogens with zero attached hydrogens (tertiary/aromatic N) is 1. The van der Waals surface area contributed by atoms with Gasteiger partial charge in [-0.2, -0.15) is 0 Å². The molecule has 2 aromatic rings. The Morgan fingerprint density at radius 2 is 1.83 bits per heavy atom. The van der Waals surface area contributed by atoms with Crippen molar-refractivity contribution in [1.82, 2.24) is 5.32 Å². The van der Waals surface area contributed by atoms with Gasteiger partial charge in [0.05, 0.1) is 19.1 Å². The summed E-state index contributed by atoms with van der Waals surface area (Å²) in [6, 6.07) is 13.3. The number of halogens is 1. The van der Waals surface area contributed by atoms with E-state index >= 15 is 0 Å². The molecular weight excluding hydrogens is 412 g/mol. The number of sulfonamides is 1. The molecular formula is C21H27ClN2O4S. The van der Waals surface area contributed by atoms with Crippen molar-refractivity contribution >= 4 is 33.2 Å². The number of ether oxygens (including phenoxy) is 1. The Bertz CT molecular complexity index is 917. The van der Waals surface area contributed by atoms with E-state index in [0.717, 1.165) is 28.3 Å². The lowest BCUT2D eigenvalue weighted by molar-refractivity contribution is -0.122. The van der Waals surface area contributed by atoms with Crippen LogP contribution in [0.1, 0.15) is 25.3 Å². The lowest BCUT2D eigenvalue weighted by atomic mass is 10.1. The Balaban J connectivity index is 2.04. The molecule has 158 valence electrons. The first-order valence-electron chi connectivity index (χ1n) is 9.42. The van der Waals surface area contributed by atoms with Crippen LogP contribution in [-0.4, -0.2) is 40.3 Å². The van der Waals surface area contributed by atoms with Gasteiger partial charge in [-0.1, -0.05) is 36.7 Å². The van der Waals surface area contributed by atoms with Gasteiger partial charge in [-0.25, -0.2) is 8.42 Å². The van der Waals surface area contributed by atoms with Gasteiger partial charge >= 0.3 is 0 Å².